The minimum Gasteiger partial charge on any atom is -0.391 e. The monoisotopic (exact) mass is 278 g/mol. The highest BCUT2D eigenvalue weighted by Gasteiger charge is 2.25. The summed E-state index contributed by atoms with van der Waals surface area (Å²) in [6.07, 6.45) is -0.681. The molecule has 0 fully saturated rings. The fourth-order valence-electron chi connectivity index (χ4n) is 1.48. The number of benzene rings is 1. The van der Waals surface area contributed by atoms with Gasteiger partial charge in [-0.3, -0.25) is 9.59 Å². The molecule has 20 heavy (non-hydrogen) atoms. The molecule has 110 valence electrons. The molecule has 1 unspecified atom stereocenters. The van der Waals surface area contributed by atoms with E-state index >= 15 is 0 Å². The Morgan fingerprint density at radius 1 is 1.25 bits per heavy atom. The number of nitrogens with one attached hydrogen (secondary N) is 2. The van der Waals surface area contributed by atoms with Gasteiger partial charge in [-0.25, -0.2) is 0 Å². The number of rotatable bonds is 5. The second-order valence-electron chi connectivity index (χ2n) is 5.49. The van der Waals surface area contributed by atoms with Crippen LogP contribution in [0.3, 0.4) is 0 Å². The van der Waals surface area contributed by atoms with Crippen molar-refractivity contribution in [3.8, 4) is 0 Å². The lowest BCUT2D eigenvalue weighted by Gasteiger charge is -2.29. The third-order valence-corrected chi connectivity index (χ3v) is 3.23. The molecule has 5 nitrogen and oxygen atoms in total. The normalized spacial score (nSPS) is 12.7. The van der Waals surface area contributed by atoms with Crippen LogP contribution in [-0.2, 0) is 4.79 Å². The molecule has 5 heteroatoms. The van der Waals surface area contributed by atoms with Crippen molar-refractivity contribution in [1.29, 1.82) is 0 Å². The second kappa shape index (κ2) is 6.52. The Balaban J connectivity index is 2.49. The van der Waals surface area contributed by atoms with E-state index in [1.165, 1.54) is 0 Å². The van der Waals surface area contributed by atoms with Crippen LogP contribution in [0.4, 0.5) is 0 Å². The molecule has 1 atom stereocenters. The number of carbonyl (C=O) groups is 2. The molecule has 0 aliphatic rings. The van der Waals surface area contributed by atoms with Crippen LogP contribution in [0, 0.1) is 6.92 Å². The number of hydrogen-bond donors (Lipinski definition) is 3. The van der Waals surface area contributed by atoms with E-state index in [1.54, 1.807) is 32.9 Å². The maximum Gasteiger partial charge on any atom is 0.251 e. The summed E-state index contributed by atoms with van der Waals surface area (Å²) in [5.41, 5.74) is 0.849. The molecule has 1 aromatic rings. The van der Waals surface area contributed by atoms with Gasteiger partial charge in [-0.05, 0) is 39.8 Å². The predicted molar refractivity (Wildman–Crippen MR) is 77.4 cm³/mol. The van der Waals surface area contributed by atoms with Gasteiger partial charge in [0.15, 0.2) is 0 Å². The highest BCUT2D eigenvalue weighted by molar-refractivity contribution is 5.96. The lowest BCUT2D eigenvalue weighted by Crippen LogP contribution is -2.53. The van der Waals surface area contributed by atoms with Gasteiger partial charge in [0, 0.05) is 5.56 Å². The molecule has 0 aromatic heterocycles. The Bertz CT molecular complexity index is 478. The average Bonchev–Trinajstić information content (AvgIpc) is 2.36. The Labute approximate surface area is 119 Å². The van der Waals surface area contributed by atoms with Crippen molar-refractivity contribution in [2.45, 2.75) is 39.3 Å². The first-order chi connectivity index (χ1) is 9.22. The Hall–Kier alpha value is -1.88. The zero-order valence-corrected chi connectivity index (χ0v) is 12.4. The van der Waals surface area contributed by atoms with Gasteiger partial charge in [0.1, 0.15) is 0 Å². The molecular weight excluding hydrogens is 256 g/mol. The van der Waals surface area contributed by atoms with Crippen LogP contribution in [0.1, 0.15) is 36.7 Å². The van der Waals surface area contributed by atoms with Crippen LogP contribution in [0.5, 0.6) is 0 Å². The van der Waals surface area contributed by atoms with Crippen molar-refractivity contribution in [3.63, 3.8) is 0 Å². The molecule has 1 rings (SSSR count). The van der Waals surface area contributed by atoms with Gasteiger partial charge in [-0.2, -0.15) is 0 Å². The van der Waals surface area contributed by atoms with Crippen LogP contribution >= 0.6 is 0 Å². The maximum absolute atomic E-state index is 11.8. The standard InChI is InChI=1S/C15H22N2O3/c1-10-5-7-12(8-6-10)14(20)16-9-13(19)17-15(3,4)11(2)18/h5-8,11,18H,9H2,1-4H3,(H,16,20)(H,17,19). The van der Waals surface area contributed by atoms with Crippen LogP contribution in [0.2, 0.25) is 0 Å². The molecule has 0 heterocycles. The molecule has 0 spiro atoms. The van der Waals surface area contributed by atoms with Crippen molar-refractivity contribution >= 4 is 11.8 Å². The highest BCUT2D eigenvalue weighted by Crippen LogP contribution is 2.07. The fraction of sp³-hybridized carbons (Fsp3) is 0.467. The zero-order chi connectivity index (χ0) is 15.3. The minimum absolute atomic E-state index is 0.122. The molecule has 3 N–H and O–H groups in total. The summed E-state index contributed by atoms with van der Waals surface area (Å²) in [5, 5.41) is 14.7. The summed E-state index contributed by atoms with van der Waals surface area (Å²) in [6, 6.07) is 7.10. The van der Waals surface area contributed by atoms with E-state index in [0.29, 0.717) is 5.56 Å². The van der Waals surface area contributed by atoms with Gasteiger partial charge in [0.05, 0.1) is 18.2 Å². The SMILES string of the molecule is Cc1ccc(C(=O)NCC(=O)NC(C)(C)C(C)O)cc1. The van der Waals surface area contributed by atoms with Gasteiger partial charge in [-0.1, -0.05) is 17.7 Å². The number of carbonyl (C=O) groups excluding carboxylic acids is 2. The van der Waals surface area contributed by atoms with Crippen molar-refractivity contribution in [1.82, 2.24) is 10.6 Å². The lowest BCUT2D eigenvalue weighted by molar-refractivity contribution is -0.123. The van der Waals surface area contributed by atoms with E-state index in [1.807, 2.05) is 19.1 Å². The number of aryl methyl sites for hydroxylation is 1. The molecule has 1 aromatic carbocycles. The van der Waals surface area contributed by atoms with E-state index < -0.39 is 11.6 Å². The first-order valence-electron chi connectivity index (χ1n) is 6.56. The third-order valence-electron chi connectivity index (χ3n) is 3.23. The zero-order valence-electron chi connectivity index (χ0n) is 12.4. The summed E-state index contributed by atoms with van der Waals surface area (Å²) in [6.45, 7) is 6.86. The first kappa shape index (κ1) is 16.2. The molecule has 2 amide bonds. The average molecular weight is 278 g/mol. The molecule has 0 saturated carbocycles. The lowest BCUT2D eigenvalue weighted by atomic mass is 9.99. The molecule has 0 saturated heterocycles. The first-order valence-corrected chi connectivity index (χ1v) is 6.56. The van der Waals surface area contributed by atoms with Crippen LogP contribution in [0.15, 0.2) is 24.3 Å². The Morgan fingerprint density at radius 3 is 2.30 bits per heavy atom. The Morgan fingerprint density at radius 2 is 1.80 bits per heavy atom. The van der Waals surface area contributed by atoms with Crippen LogP contribution in [-0.4, -0.2) is 35.1 Å². The molecule has 0 radical (unpaired) electrons. The molecule has 0 aliphatic carbocycles. The van der Waals surface area contributed by atoms with Crippen molar-refractivity contribution in [2.75, 3.05) is 6.54 Å². The number of hydrogen-bond acceptors (Lipinski definition) is 3. The molecule has 0 bridgehead atoms. The van der Waals surface area contributed by atoms with E-state index in [0.717, 1.165) is 5.56 Å². The van der Waals surface area contributed by atoms with E-state index in [2.05, 4.69) is 10.6 Å². The van der Waals surface area contributed by atoms with Crippen LogP contribution in [0.25, 0.3) is 0 Å². The summed E-state index contributed by atoms with van der Waals surface area (Å²) in [4.78, 5) is 23.5. The predicted octanol–water partition coefficient (Wildman–Crippen LogP) is 1.00. The largest absolute Gasteiger partial charge is 0.391 e. The van der Waals surface area contributed by atoms with Gasteiger partial charge in [0.25, 0.3) is 5.91 Å². The minimum atomic E-state index is -0.730. The number of aliphatic hydroxyl groups is 1. The van der Waals surface area contributed by atoms with E-state index in [9.17, 15) is 14.7 Å². The van der Waals surface area contributed by atoms with Gasteiger partial charge < -0.3 is 15.7 Å². The fourth-order valence-corrected chi connectivity index (χ4v) is 1.48. The Kier molecular flexibility index (Phi) is 5.27. The third kappa shape index (κ3) is 4.66. The molecular formula is C15H22N2O3. The summed E-state index contributed by atoms with van der Waals surface area (Å²) < 4.78 is 0. The quantitative estimate of drug-likeness (QED) is 0.752. The summed E-state index contributed by atoms with van der Waals surface area (Å²) in [7, 11) is 0. The van der Waals surface area contributed by atoms with Crippen molar-refractivity contribution < 1.29 is 14.7 Å². The van der Waals surface area contributed by atoms with Crippen molar-refractivity contribution in [3.05, 3.63) is 35.4 Å². The number of aliphatic hydroxyl groups excluding tert-OH is 1. The van der Waals surface area contributed by atoms with E-state index in [4.69, 9.17) is 0 Å². The number of amides is 2. The van der Waals surface area contributed by atoms with Gasteiger partial charge in [0.2, 0.25) is 5.91 Å². The smallest absolute Gasteiger partial charge is 0.251 e. The second-order valence-corrected chi connectivity index (χ2v) is 5.49. The van der Waals surface area contributed by atoms with Crippen LogP contribution < -0.4 is 10.6 Å². The highest BCUT2D eigenvalue weighted by atomic mass is 16.3. The molecule has 0 aliphatic heterocycles. The van der Waals surface area contributed by atoms with Gasteiger partial charge in [-0.15, -0.1) is 0 Å². The summed E-state index contributed by atoms with van der Waals surface area (Å²) >= 11 is 0. The van der Waals surface area contributed by atoms with E-state index in [-0.39, 0.29) is 18.4 Å². The van der Waals surface area contributed by atoms with Crippen molar-refractivity contribution in [2.24, 2.45) is 0 Å². The maximum atomic E-state index is 11.8. The van der Waals surface area contributed by atoms with Gasteiger partial charge >= 0.3 is 0 Å². The summed E-state index contributed by atoms with van der Waals surface area (Å²) in [5.74, 6) is -0.633. The topological polar surface area (TPSA) is 78.4 Å².